The van der Waals surface area contributed by atoms with E-state index in [2.05, 4.69) is 10.3 Å². The van der Waals surface area contributed by atoms with Gasteiger partial charge in [0.15, 0.2) is 5.13 Å². The Labute approximate surface area is 85.0 Å². The first-order valence-electron chi connectivity index (χ1n) is 4.36. The zero-order valence-electron chi connectivity index (χ0n) is 7.43. The van der Waals surface area contributed by atoms with E-state index >= 15 is 0 Å². The van der Waals surface area contributed by atoms with Gasteiger partial charge in [-0.05, 0) is 18.8 Å². The number of nitrogens with one attached hydrogen (secondary N) is 1. The van der Waals surface area contributed by atoms with E-state index in [0.29, 0.717) is 11.0 Å². The van der Waals surface area contributed by atoms with Crippen molar-refractivity contribution in [3.8, 4) is 0 Å². The van der Waals surface area contributed by atoms with Gasteiger partial charge >= 0.3 is 6.09 Å². The second kappa shape index (κ2) is 3.45. The minimum atomic E-state index is -0.947. The number of nitrogen functional groups attached to an aromatic ring is 1. The molecule has 5 nitrogen and oxygen atoms in total. The Bertz CT molecular complexity index is 346. The van der Waals surface area contributed by atoms with Crippen LogP contribution < -0.4 is 11.1 Å². The van der Waals surface area contributed by atoms with Crippen molar-refractivity contribution in [2.24, 2.45) is 0 Å². The summed E-state index contributed by atoms with van der Waals surface area (Å²) in [6.45, 7) is 0. The maximum Gasteiger partial charge on any atom is 0.404 e. The van der Waals surface area contributed by atoms with Crippen molar-refractivity contribution >= 4 is 22.6 Å². The monoisotopic (exact) mass is 213 g/mol. The zero-order chi connectivity index (χ0) is 10.1. The van der Waals surface area contributed by atoms with Crippen LogP contribution in [0.3, 0.4) is 0 Å². The summed E-state index contributed by atoms with van der Waals surface area (Å²) < 4.78 is 0. The summed E-state index contributed by atoms with van der Waals surface area (Å²) in [6.07, 6.45) is 2.54. The van der Waals surface area contributed by atoms with Crippen molar-refractivity contribution in [3.05, 3.63) is 11.1 Å². The molecule has 0 aliphatic heterocycles. The number of carbonyl (C=O) groups is 1. The summed E-state index contributed by atoms with van der Waals surface area (Å²) in [5.41, 5.74) is 5.51. The Kier molecular flexibility index (Phi) is 2.28. The molecule has 14 heavy (non-hydrogen) atoms. The minimum absolute atomic E-state index is 0.0980. The van der Waals surface area contributed by atoms with Gasteiger partial charge in [-0.1, -0.05) is 0 Å². The van der Waals surface area contributed by atoms with Gasteiger partial charge in [-0.2, -0.15) is 0 Å². The van der Waals surface area contributed by atoms with Gasteiger partial charge in [-0.15, -0.1) is 11.3 Å². The van der Waals surface area contributed by atoms with Gasteiger partial charge in [0.1, 0.15) is 0 Å². The van der Waals surface area contributed by atoms with Crippen molar-refractivity contribution in [1.29, 1.82) is 0 Å². The van der Waals surface area contributed by atoms with Gasteiger partial charge < -0.3 is 16.2 Å². The molecule has 2 rings (SSSR count). The average Bonchev–Trinajstić information content (AvgIpc) is 2.42. The standard InChI is InChI=1S/C8H11N3O2S/c9-7-10-3-6(14-7)4-1-5(2-4)11-8(12)13/h3-5,11H,1-2H2,(H2,9,10)(H,12,13). The maximum atomic E-state index is 10.3. The van der Waals surface area contributed by atoms with Gasteiger partial charge in [-0.25, -0.2) is 9.78 Å². The van der Waals surface area contributed by atoms with Gasteiger partial charge in [-0.3, -0.25) is 0 Å². The maximum absolute atomic E-state index is 10.3. The fourth-order valence-corrected chi connectivity index (χ4v) is 2.44. The first-order chi connectivity index (χ1) is 6.65. The highest BCUT2D eigenvalue weighted by atomic mass is 32.1. The molecule has 1 aromatic heterocycles. The zero-order valence-corrected chi connectivity index (χ0v) is 8.25. The Morgan fingerprint density at radius 1 is 1.71 bits per heavy atom. The number of thiazole rings is 1. The van der Waals surface area contributed by atoms with Crippen LogP contribution in [0.1, 0.15) is 23.6 Å². The van der Waals surface area contributed by atoms with Crippen molar-refractivity contribution in [2.45, 2.75) is 24.8 Å². The summed E-state index contributed by atoms with van der Waals surface area (Å²) in [7, 11) is 0. The molecule has 1 saturated carbocycles. The number of nitrogens with zero attached hydrogens (tertiary/aromatic N) is 1. The first kappa shape index (κ1) is 9.26. The molecule has 0 atom stereocenters. The SMILES string of the molecule is Nc1ncc(C2CC(NC(=O)O)C2)s1. The molecule has 0 saturated heterocycles. The Hall–Kier alpha value is -1.30. The number of nitrogens with two attached hydrogens (primary N) is 1. The van der Waals surface area contributed by atoms with Crippen molar-refractivity contribution in [2.75, 3.05) is 5.73 Å². The fraction of sp³-hybridized carbons (Fsp3) is 0.500. The lowest BCUT2D eigenvalue weighted by atomic mass is 9.80. The smallest absolute Gasteiger partial charge is 0.404 e. The van der Waals surface area contributed by atoms with Crippen LogP contribution in [-0.4, -0.2) is 22.2 Å². The highest BCUT2D eigenvalue weighted by Gasteiger charge is 2.32. The molecule has 0 unspecified atom stereocenters. The second-order valence-corrected chi connectivity index (χ2v) is 4.51. The van der Waals surface area contributed by atoms with E-state index in [1.807, 2.05) is 0 Å². The predicted octanol–water partition coefficient (Wildman–Crippen LogP) is 1.24. The van der Waals surface area contributed by atoms with Gasteiger partial charge in [0.25, 0.3) is 0 Å². The van der Waals surface area contributed by atoms with Crippen LogP contribution >= 0.6 is 11.3 Å². The van der Waals surface area contributed by atoms with E-state index in [4.69, 9.17) is 10.8 Å². The lowest BCUT2D eigenvalue weighted by Gasteiger charge is -2.33. The average molecular weight is 213 g/mol. The molecule has 1 amide bonds. The summed E-state index contributed by atoms with van der Waals surface area (Å²) in [5.74, 6) is 0.432. The molecule has 4 N–H and O–H groups in total. The number of aromatic nitrogens is 1. The van der Waals surface area contributed by atoms with E-state index < -0.39 is 6.09 Å². The summed E-state index contributed by atoms with van der Waals surface area (Å²) in [4.78, 5) is 15.4. The third kappa shape index (κ3) is 1.79. The van der Waals surface area contributed by atoms with Crippen molar-refractivity contribution in [3.63, 3.8) is 0 Å². The quantitative estimate of drug-likeness (QED) is 0.689. The summed E-state index contributed by atoms with van der Waals surface area (Å²) in [5, 5.41) is 11.5. The van der Waals surface area contributed by atoms with Crippen LogP contribution in [0.5, 0.6) is 0 Å². The Morgan fingerprint density at radius 2 is 2.43 bits per heavy atom. The molecule has 1 fully saturated rings. The van der Waals surface area contributed by atoms with E-state index in [-0.39, 0.29) is 6.04 Å². The molecule has 0 radical (unpaired) electrons. The van der Waals surface area contributed by atoms with E-state index in [1.165, 1.54) is 11.3 Å². The number of carboxylic acid groups (broad SMARTS) is 1. The highest BCUT2D eigenvalue weighted by Crippen LogP contribution is 2.39. The molecular weight excluding hydrogens is 202 g/mol. The van der Waals surface area contributed by atoms with Crippen molar-refractivity contribution < 1.29 is 9.90 Å². The van der Waals surface area contributed by atoms with E-state index in [0.717, 1.165) is 17.7 Å². The number of rotatable bonds is 2. The van der Waals surface area contributed by atoms with Crippen LogP contribution in [0.15, 0.2) is 6.20 Å². The molecular formula is C8H11N3O2S. The molecule has 6 heteroatoms. The predicted molar refractivity (Wildman–Crippen MR) is 53.4 cm³/mol. The van der Waals surface area contributed by atoms with E-state index in [9.17, 15) is 4.79 Å². The third-order valence-corrected chi connectivity index (χ3v) is 3.40. The van der Waals surface area contributed by atoms with Crippen LogP contribution in [0.25, 0.3) is 0 Å². The van der Waals surface area contributed by atoms with E-state index in [1.54, 1.807) is 6.20 Å². The minimum Gasteiger partial charge on any atom is -0.465 e. The lowest BCUT2D eigenvalue weighted by Crippen LogP contribution is -2.42. The topological polar surface area (TPSA) is 88.2 Å². The van der Waals surface area contributed by atoms with Gasteiger partial charge in [0.2, 0.25) is 0 Å². The lowest BCUT2D eigenvalue weighted by molar-refractivity contribution is 0.178. The number of anilines is 1. The van der Waals surface area contributed by atoms with Gasteiger partial charge in [0, 0.05) is 17.1 Å². The molecule has 0 aromatic carbocycles. The van der Waals surface area contributed by atoms with Gasteiger partial charge in [0.05, 0.1) is 0 Å². The largest absolute Gasteiger partial charge is 0.465 e. The summed E-state index contributed by atoms with van der Waals surface area (Å²) in [6, 6.07) is 0.0980. The molecule has 1 aliphatic carbocycles. The number of amides is 1. The van der Waals surface area contributed by atoms with Crippen molar-refractivity contribution in [1.82, 2.24) is 10.3 Å². The van der Waals surface area contributed by atoms with Crippen LogP contribution in [0.4, 0.5) is 9.93 Å². The normalized spacial score (nSPS) is 25.4. The summed E-state index contributed by atoms with van der Waals surface area (Å²) >= 11 is 1.48. The molecule has 1 aromatic rings. The number of hydrogen-bond donors (Lipinski definition) is 3. The van der Waals surface area contributed by atoms with Crippen LogP contribution in [-0.2, 0) is 0 Å². The highest BCUT2D eigenvalue weighted by molar-refractivity contribution is 7.15. The van der Waals surface area contributed by atoms with Crippen LogP contribution in [0, 0.1) is 0 Å². The molecule has 76 valence electrons. The molecule has 0 spiro atoms. The molecule has 1 aliphatic rings. The molecule has 0 bridgehead atoms. The third-order valence-electron chi connectivity index (χ3n) is 2.41. The second-order valence-electron chi connectivity index (χ2n) is 3.42. The fourth-order valence-electron chi connectivity index (χ4n) is 1.63. The molecule has 1 heterocycles. The first-order valence-corrected chi connectivity index (χ1v) is 5.17. The number of hydrogen-bond acceptors (Lipinski definition) is 4. The Morgan fingerprint density at radius 3 is 2.93 bits per heavy atom. The Balaban J connectivity index is 1.86. The van der Waals surface area contributed by atoms with Crippen LogP contribution in [0.2, 0.25) is 0 Å².